The molecule has 2 aromatic carbocycles. The number of carbonyl (C=O) groups is 1. The van der Waals surface area contributed by atoms with Gasteiger partial charge >= 0.3 is 0 Å². The number of nitrogens with one attached hydrogen (secondary N) is 1. The van der Waals surface area contributed by atoms with E-state index in [4.69, 9.17) is 4.74 Å². The standard InChI is InChI=1S/C22H23N3O3/c1-22(2,21(27)23-15-16-9-11-18(28-3)12-10-16)25-20(26)14-13-19(24-25)17-7-5-4-6-8-17/h4-14H,15H2,1-3H3,(H,23,27). The van der Waals surface area contributed by atoms with Gasteiger partial charge in [0.05, 0.1) is 12.8 Å². The lowest BCUT2D eigenvalue weighted by Gasteiger charge is -2.25. The van der Waals surface area contributed by atoms with Gasteiger partial charge in [-0.15, -0.1) is 0 Å². The number of nitrogens with zero attached hydrogens (tertiary/aromatic N) is 2. The van der Waals surface area contributed by atoms with Gasteiger partial charge in [-0.3, -0.25) is 9.59 Å². The average molecular weight is 377 g/mol. The van der Waals surface area contributed by atoms with Crippen LogP contribution in [0.2, 0.25) is 0 Å². The van der Waals surface area contributed by atoms with E-state index in [0.29, 0.717) is 12.2 Å². The minimum absolute atomic E-state index is 0.289. The molecule has 144 valence electrons. The molecule has 0 unspecified atom stereocenters. The molecule has 0 aliphatic heterocycles. The summed E-state index contributed by atoms with van der Waals surface area (Å²) in [6.07, 6.45) is 0. The van der Waals surface area contributed by atoms with Crippen molar-refractivity contribution in [2.45, 2.75) is 25.9 Å². The van der Waals surface area contributed by atoms with Gasteiger partial charge in [-0.25, -0.2) is 4.68 Å². The molecule has 0 spiro atoms. The molecule has 1 N–H and O–H groups in total. The monoisotopic (exact) mass is 377 g/mol. The van der Waals surface area contributed by atoms with Crippen molar-refractivity contribution in [1.29, 1.82) is 0 Å². The molecule has 6 heteroatoms. The highest BCUT2D eigenvalue weighted by Crippen LogP contribution is 2.18. The van der Waals surface area contributed by atoms with E-state index in [0.717, 1.165) is 16.9 Å². The molecule has 0 radical (unpaired) electrons. The van der Waals surface area contributed by atoms with E-state index in [1.165, 1.54) is 10.7 Å². The topological polar surface area (TPSA) is 73.2 Å². The number of rotatable bonds is 6. The molecule has 1 heterocycles. The quantitative estimate of drug-likeness (QED) is 0.717. The minimum atomic E-state index is -1.14. The molecule has 0 bridgehead atoms. The van der Waals surface area contributed by atoms with Crippen LogP contribution in [0, 0.1) is 0 Å². The van der Waals surface area contributed by atoms with Gasteiger partial charge in [0, 0.05) is 18.2 Å². The lowest BCUT2D eigenvalue weighted by molar-refractivity contribution is -0.129. The number of amides is 1. The summed E-state index contributed by atoms with van der Waals surface area (Å²) in [4.78, 5) is 25.2. The van der Waals surface area contributed by atoms with E-state index >= 15 is 0 Å². The summed E-state index contributed by atoms with van der Waals surface area (Å²) in [5.74, 6) is 0.465. The van der Waals surface area contributed by atoms with E-state index in [1.54, 1.807) is 27.0 Å². The molecule has 6 nitrogen and oxygen atoms in total. The summed E-state index contributed by atoms with van der Waals surface area (Å²) in [6.45, 7) is 3.71. The Morgan fingerprint density at radius 3 is 2.36 bits per heavy atom. The number of ether oxygens (including phenoxy) is 1. The second-order valence-electron chi connectivity index (χ2n) is 6.92. The van der Waals surface area contributed by atoms with E-state index < -0.39 is 5.54 Å². The SMILES string of the molecule is COc1ccc(CNC(=O)C(C)(C)n2nc(-c3ccccc3)ccc2=O)cc1. The number of aromatic nitrogens is 2. The molecule has 1 amide bonds. The van der Waals surface area contributed by atoms with E-state index in [1.807, 2.05) is 54.6 Å². The third kappa shape index (κ3) is 4.11. The van der Waals surface area contributed by atoms with Crippen molar-refractivity contribution in [1.82, 2.24) is 15.1 Å². The van der Waals surface area contributed by atoms with Crippen LogP contribution in [0.3, 0.4) is 0 Å². The fourth-order valence-corrected chi connectivity index (χ4v) is 2.81. The minimum Gasteiger partial charge on any atom is -0.497 e. The van der Waals surface area contributed by atoms with Gasteiger partial charge in [-0.05, 0) is 37.6 Å². The Hall–Kier alpha value is -3.41. The largest absolute Gasteiger partial charge is 0.497 e. The van der Waals surface area contributed by atoms with Crippen LogP contribution in [-0.2, 0) is 16.9 Å². The Balaban J connectivity index is 1.80. The Labute approximate surface area is 163 Å². The maximum atomic E-state index is 12.8. The van der Waals surface area contributed by atoms with Crippen LogP contribution < -0.4 is 15.6 Å². The lowest BCUT2D eigenvalue weighted by Crippen LogP contribution is -2.49. The van der Waals surface area contributed by atoms with Crippen LogP contribution in [0.15, 0.2) is 71.5 Å². The van der Waals surface area contributed by atoms with Gasteiger partial charge in [0.25, 0.3) is 5.56 Å². The Bertz CT molecular complexity index is 1010. The van der Waals surface area contributed by atoms with E-state index in [2.05, 4.69) is 10.4 Å². The summed E-state index contributed by atoms with van der Waals surface area (Å²) in [6, 6.07) is 20.1. The molecule has 3 aromatic rings. The fraction of sp³-hybridized carbons (Fsp3) is 0.227. The van der Waals surface area contributed by atoms with E-state index in [9.17, 15) is 9.59 Å². The lowest BCUT2D eigenvalue weighted by atomic mass is 10.0. The van der Waals surface area contributed by atoms with Crippen molar-refractivity contribution in [3.05, 3.63) is 82.6 Å². The molecule has 28 heavy (non-hydrogen) atoms. The maximum Gasteiger partial charge on any atom is 0.267 e. The predicted octanol–water partition coefficient (Wildman–Crippen LogP) is 2.97. The van der Waals surface area contributed by atoms with Crippen molar-refractivity contribution in [3.8, 4) is 17.0 Å². The zero-order valence-electron chi connectivity index (χ0n) is 16.2. The molecule has 3 rings (SSSR count). The zero-order valence-corrected chi connectivity index (χ0v) is 16.2. The predicted molar refractivity (Wildman–Crippen MR) is 108 cm³/mol. The number of hydrogen-bond donors (Lipinski definition) is 1. The van der Waals surface area contributed by atoms with Crippen LogP contribution >= 0.6 is 0 Å². The number of methoxy groups -OCH3 is 1. The highest BCUT2D eigenvalue weighted by Gasteiger charge is 2.32. The molecule has 1 aromatic heterocycles. The highest BCUT2D eigenvalue weighted by molar-refractivity contribution is 5.83. The van der Waals surface area contributed by atoms with Crippen molar-refractivity contribution < 1.29 is 9.53 Å². The first-order valence-electron chi connectivity index (χ1n) is 8.99. The van der Waals surface area contributed by atoms with Crippen molar-refractivity contribution in [2.24, 2.45) is 0 Å². The summed E-state index contributed by atoms with van der Waals surface area (Å²) >= 11 is 0. The van der Waals surface area contributed by atoms with Crippen molar-refractivity contribution in [3.63, 3.8) is 0 Å². The van der Waals surface area contributed by atoms with Gasteiger partial charge in [0.2, 0.25) is 5.91 Å². The molecule has 0 aliphatic carbocycles. The number of hydrogen-bond acceptors (Lipinski definition) is 4. The summed E-state index contributed by atoms with van der Waals surface area (Å²) in [5, 5.41) is 7.32. The second kappa shape index (κ2) is 8.08. The molecular weight excluding hydrogens is 354 g/mol. The first kappa shape index (κ1) is 19.4. The van der Waals surface area contributed by atoms with Gasteiger partial charge in [0.15, 0.2) is 0 Å². The first-order valence-corrected chi connectivity index (χ1v) is 8.99. The summed E-state index contributed by atoms with van der Waals surface area (Å²) < 4.78 is 6.37. The molecule has 0 atom stereocenters. The molecule has 0 fully saturated rings. The van der Waals surface area contributed by atoms with Crippen LogP contribution in [0.25, 0.3) is 11.3 Å². The van der Waals surface area contributed by atoms with Crippen LogP contribution in [-0.4, -0.2) is 22.8 Å². The molecule has 0 saturated carbocycles. The second-order valence-corrected chi connectivity index (χ2v) is 6.92. The highest BCUT2D eigenvalue weighted by atomic mass is 16.5. The Kier molecular flexibility index (Phi) is 5.59. The van der Waals surface area contributed by atoms with Crippen LogP contribution in [0.1, 0.15) is 19.4 Å². The number of carbonyl (C=O) groups excluding carboxylic acids is 1. The van der Waals surface area contributed by atoms with Gasteiger partial charge in [-0.2, -0.15) is 5.10 Å². The molecular formula is C22H23N3O3. The van der Waals surface area contributed by atoms with Crippen molar-refractivity contribution >= 4 is 5.91 Å². The Morgan fingerprint density at radius 2 is 1.71 bits per heavy atom. The third-order valence-corrected chi connectivity index (χ3v) is 4.57. The molecule has 0 aliphatic rings. The van der Waals surface area contributed by atoms with Crippen molar-refractivity contribution in [2.75, 3.05) is 7.11 Å². The molecule has 0 saturated heterocycles. The smallest absolute Gasteiger partial charge is 0.267 e. The normalized spacial score (nSPS) is 11.1. The summed E-state index contributed by atoms with van der Waals surface area (Å²) in [5.41, 5.74) is 0.975. The summed E-state index contributed by atoms with van der Waals surface area (Å²) in [7, 11) is 1.60. The van der Waals surface area contributed by atoms with Crippen LogP contribution in [0.4, 0.5) is 0 Å². The zero-order chi connectivity index (χ0) is 20.1. The Morgan fingerprint density at radius 1 is 1.04 bits per heavy atom. The maximum absolute atomic E-state index is 12.8. The van der Waals surface area contributed by atoms with Crippen LogP contribution in [0.5, 0.6) is 5.75 Å². The first-order chi connectivity index (χ1) is 13.4. The fourth-order valence-electron chi connectivity index (χ4n) is 2.81. The van der Waals surface area contributed by atoms with Gasteiger partial charge in [-0.1, -0.05) is 42.5 Å². The third-order valence-electron chi connectivity index (χ3n) is 4.57. The average Bonchev–Trinajstić information content (AvgIpc) is 2.73. The number of benzene rings is 2. The van der Waals surface area contributed by atoms with Gasteiger partial charge < -0.3 is 10.1 Å². The van der Waals surface area contributed by atoms with E-state index in [-0.39, 0.29) is 11.5 Å². The van der Waals surface area contributed by atoms with Gasteiger partial charge in [0.1, 0.15) is 11.3 Å².